The van der Waals surface area contributed by atoms with E-state index in [1.807, 2.05) is 18.2 Å². The Hall–Kier alpha value is -3.15. The molecule has 0 aliphatic carbocycles. The van der Waals surface area contributed by atoms with Gasteiger partial charge < -0.3 is 15.0 Å². The number of anilines is 2. The molecule has 0 amide bonds. The fourth-order valence-electron chi connectivity index (χ4n) is 4.13. The molecule has 1 aliphatic rings. The van der Waals surface area contributed by atoms with Crippen molar-refractivity contribution in [3.8, 4) is 5.75 Å². The first-order chi connectivity index (χ1) is 15.0. The monoisotopic (exact) mass is 426 g/mol. The van der Waals surface area contributed by atoms with Crippen LogP contribution in [0, 0.1) is 0 Å². The SMILES string of the molecule is FC(F)(F)Oc1ccccc1CNc1cccc(N2CCCC[C@H]2c2ccccc2)c1. The molecule has 0 bridgehead atoms. The highest BCUT2D eigenvalue weighted by molar-refractivity contribution is 5.59. The van der Waals surface area contributed by atoms with Crippen LogP contribution < -0.4 is 15.0 Å². The van der Waals surface area contributed by atoms with Gasteiger partial charge in [0.15, 0.2) is 0 Å². The lowest BCUT2D eigenvalue weighted by atomic mass is 9.94. The van der Waals surface area contributed by atoms with Gasteiger partial charge in [-0.05, 0) is 49.1 Å². The van der Waals surface area contributed by atoms with Gasteiger partial charge in [0.05, 0.1) is 6.04 Å². The Kier molecular flexibility index (Phi) is 6.35. The summed E-state index contributed by atoms with van der Waals surface area (Å²) in [5.41, 5.74) is 3.72. The highest BCUT2D eigenvalue weighted by atomic mass is 19.4. The summed E-state index contributed by atoms with van der Waals surface area (Å²) in [6.45, 7) is 1.21. The van der Waals surface area contributed by atoms with Crippen LogP contribution >= 0.6 is 0 Å². The number of halogens is 3. The van der Waals surface area contributed by atoms with Gasteiger partial charge in [-0.15, -0.1) is 13.2 Å². The zero-order chi connectivity index (χ0) is 21.7. The smallest absolute Gasteiger partial charge is 0.405 e. The van der Waals surface area contributed by atoms with Crippen LogP contribution in [-0.2, 0) is 6.54 Å². The first-order valence-electron chi connectivity index (χ1n) is 10.5. The molecule has 1 saturated heterocycles. The van der Waals surface area contributed by atoms with E-state index in [0.717, 1.165) is 30.8 Å². The van der Waals surface area contributed by atoms with Crippen LogP contribution in [0.5, 0.6) is 5.75 Å². The molecule has 1 N–H and O–H groups in total. The highest BCUT2D eigenvalue weighted by Crippen LogP contribution is 2.36. The van der Waals surface area contributed by atoms with E-state index in [2.05, 4.69) is 51.4 Å². The average Bonchev–Trinajstić information content (AvgIpc) is 2.78. The molecule has 0 aromatic heterocycles. The summed E-state index contributed by atoms with van der Waals surface area (Å²) in [6, 6.07) is 25.1. The van der Waals surface area contributed by atoms with Gasteiger partial charge in [-0.3, -0.25) is 0 Å². The molecule has 31 heavy (non-hydrogen) atoms. The van der Waals surface area contributed by atoms with E-state index in [1.165, 1.54) is 24.1 Å². The number of hydrogen-bond acceptors (Lipinski definition) is 3. The van der Waals surface area contributed by atoms with Crippen molar-refractivity contribution in [1.82, 2.24) is 0 Å². The van der Waals surface area contributed by atoms with Crippen LogP contribution in [0.3, 0.4) is 0 Å². The standard InChI is InChI=1S/C25H25F3N2O/c26-25(27,28)31-24-15-5-4-11-20(24)18-29-21-12-8-13-22(17-21)30-16-7-6-14-23(30)19-9-2-1-3-10-19/h1-5,8-13,15,17,23,29H,6-7,14,16,18H2/t23-/m0/s1. The fourth-order valence-corrected chi connectivity index (χ4v) is 4.13. The van der Waals surface area contributed by atoms with Crippen molar-refractivity contribution < 1.29 is 17.9 Å². The second kappa shape index (κ2) is 9.33. The largest absolute Gasteiger partial charge is 0.573 e. The molecule has 0 spiro atoms. The third-order valence-corrected chi connectivity index (χ3v) is 5.55. The predicted octanol–water partition coefficient (Wildman–Crippen LogP) is 6.93. The molecular weight excluding hydrogens is 401 g/mol. The summed E-state index contributed by atoms with van der Waals surface area (Å²) in [7, 11) is 0. The second-order valence-corrected chi connectivity index (χ2v) is 7.68. The molecule has 1 fully saturated rings. The Morgan fingerprint density at radius 1 is 0.903 bits per heavy atom. The van der Waals surface area contributed by atoms with Crippen molar-refractivity contribution in [2.45, 2.75) is 38.2 Å². The summed E-state index contributed by atoms with van der Waals surface area (Å²) in [6.07, 6.45) is -1.27. The van der Waals surface area contributed by atoms with Gasteiger partial charge in [-0.25, -0.2) is 0 Å². The van der Waals surface area contributed by atoms with E-state index in [9.17, 15) is 13.2 Å². The third-order valence-electron chi connectivity index (χ3n) is 5.55. The maximum absolute atomic E-state index is 12.7. The Bertz CT molecular complexity index is 991. The molecule has 1 aliphatic heterocycles. The van der Waals surface area contributed by atoms with Gasteiger partial charge in [0.2, 0.25) is 0 Å². The molecule has 162 valence electrons. The lowest BCUT2D eigenvalue weighted by molar-refractivity contribution is -0.274. The summed E-state index contributed by atoms with van der Waals surface area (Å²) in [5, 5.41) is 3.25. The lowest BCUT2D eigenvalue weighted by Gasteiger charge is -2.38. The number of hydrogen-bond donors (Lipinski definition) is 1. The number of piperidine rings is 1. The van der Waals surface area contributed by atoms with Crippen molar-refractivity contribution in [1.29, 1.82) is 0 Å². The minimum absolute atomic E-state index is 0.182. The molecule has 3 nitrogen and oxygen atoms in total. The molecule has 3 aromatic carbocycles. The molecule has 0 radical (unpaired) electrons. The van der Waals surface area contributed by atoms with Crippen molar-refractivity contribution in [2.75, 3.05) is 16.8 Å². The quantitative estimate of drug-likeness (QED) is 0.463. The Labute approximate surface area is 180 Å². The normalized spacial score (nSPS) is 16.7. The van der Waals surface area contributed by atoms with Crippen molar-refractivity contribution >= 4 is 11.4 Å². The van der Waals surface area contributed by atoms with Crippen LogP contribution in [0.1, 0.15) is 36.4 Å². The Morgan fingerprint density at radius 3 is 2.48 bits per heavy atom. The molecule has 0 unspecified atom stereocenters. The molecule has 1 atom stereocenters. The van der Waals surface area contributed by atoms with Gasteiger partial charge >= 0.3 is 6.36 Å². The molecule has 3 aromatic rings. The fraction of sp³-hybridized carbons (Fsp3) is 0.280. The number of nitrogens with one attached hydrogen (secondary N) is 1. The van der Waals surface area contributed by atoms with Crippen molar-refractivity contribution in [2.24, 2.45) is 0 Å². The number of benzene rings is 3. The number of alkyl halides is 3. The third kappa shape index (κ3) is 5.51. The number of nitrogens with zero attached hydrogens (tertiary/aromatic N) is 1. The molecule has 6 heteroatoms. The summed E-state index contributed by atoms with van der Waals surface area (Å²) in [5.74, 6) is -0.182. The summed E-state index contributed by atoms with van der Waals surface area (Å²) >= 11 is 0. The van der Waals surface area contributed by atoms with Gasteiger partial charge in [0.1, 0.15) is 5.75 Å². The molecular formula is C25H25F3N2O. The maximum Gasteiger partial charge on any atom is 0.573 e. The van der Waals surface area contributed by atoms with Crippen LogP contribution in [0.15, 0.2) is 78.9 Å². The van der Waals surface area contributed by atoms with Crippen LogP contribution in [0.25, 0.3) is 0 Å². The van der Waals surface area contributed by atoms with Crippen molar-refractivity contribution in [3.05, 3.63) is 90.0 Å². The molecule has 1 heterocycles. The maximum atomic E-state index is 12.7. The lowest BCUT2D eigenvalue weighted by Crippen LogP contribution is -2.33. The van der Waals surface area contributed by atoms with E-state index >= 15 is 0 Å². The van der Waals surface area contributed by atoms with Crippen LogP contribution in [0.4, 0.5) is 24.5 Å². The number of ether oxygens (including phenoxy) is 1. The minimum atomic E-state index is -4.71. The zero-order valence-electron chi connectivity index (χ0n) is 17.1. The van der Waals surface area contributed by atoms with Gasteiger partial charge in [0.25, 0.3) is 0 Å². The van der Waals surface area contributed by atoms with E-state index < -0.39 is 6.36 Å². The first kappa shape index (κ1) is 21.1. The van der Waals surface area contributed by atoms with E-state index in [1.54, 1.807) is 12.1 Å². The zero-order valence-corrected chi connectivity index (χ0v) is 17.1. The second-order valence-electron chi connectivity index (χ2n) is 7.68. The van der Waals surface area contributed by atoms with Gasteiger partial charge in [-0.2, -0.15) is 0 Å². The van der Waals surface area contributed by atoms with Crippen molar-refractivity contribution in [3.63, 3.8) is 0 Å². The van der Waals surface area contributed by atoms with Crippen LogP contribution in [0.2, 0.25) is 0 Å². The first-order valence-corrected chi connectivity index (χ1v) is 10.5. The number of rotatable bonds is 6. The van der Waals surface area contributed by atoms with Gasteiger partial charge in [0, 0.05) is 30.0 Å². The Morgan fingerprint density at radius 2 is 1.68 bits per heavy atom. The van der Waals surface area contributed by atoms with Gasteiger partial charge in [-0.1, -0.05) is 54.6 Å². The summed E-state index contributed by atoms with van der Waals surface area (Å²) < 4.78 is 42.2. The van der Waals surface area contributed by atoms with Crippen LogP contribution in [-0.4, -0.2) is 12.9 Å². The van der Waals surface area contributed by atoms with E-state index in [4.69, 9.17) is 0 Å². The Balaban J connectivity index is 1.50. The number of para-hydroxylation sites is 1. The topological polar surface area (TPSA) is 24.5 Å². The van der Waals surface area contributed by atoms with E-state index in [-0.39, 0.29) is 12.3 Å². The highest BCUT2D eigenvalue weighted by Gasteiger charge is 2.32. The minimum Gasteiger partial charge on any atom is -0.405 e. The molecule has 4 rings (SSSR count). The average molecular weight is 426 g/mol. The predicted molar refractivity (Wildman–Crippen MR) is 117 cm³/mol. The van der Waals surface area contributed by atoms with E-state index in [0.29, 0.717) is 11.6 Å². The summed E-state index contributed by atoms with van der Waals surface area (Å²) in [4.78, 5) is 2.42. The molecule has 0 saturated carbocycles.